The molecule has 5 rings (SSSR count). The Morgan fingerprint density at radius 3 is 2.90 bits per heavy atom. The Bertz CT molecular complexity index is 1040. The molecular weight excluding hydrogens is 378 g/mol. The van der Waals surface area contributed by atoms with E-state index in [-0.39, 0.29) is 18.4 Å². The summed E-state index contributed by atoms with van der Waals surface area (Å²) < 4.78 is 5.32. The van der Waals surface area contributed by atoms with Crippen LogP contribution in [0.15, 0.2) is 54.7 Å². The number of aromatic nitrogens is 1. The third kappa shape index (κ3) is 3.78. The van der Waals surface area contributed by atoms with E-state index in [1.807, 2.05) is 17.0 Å². The summed E-state index contributed by atoms with van der Waals surface area (Å²) >= 11 is 0. The van der Waals surface area contributed by atoms with E-state index in [1.54, 1.807) is 18.3 Å². The zero-order valence-electron chi connectivity index (χ0n) is 16.6. The van der Waals surface area contributed by atoms with Gasteiger partial charge in [0.2, 0.25) is 5.91 Å². The van der Waals surface area contributed by atoms with Gasteiger partial charge in [0, 0.05) is 30.9 Å². The van der Waals surface area contributed by atoms with Crippen LogP contribution in [0.1, 0.15) is 23.1 Å². The minimum atomic E-state index is -0.205. The van der Waals surface area contributed by atoms with Gasteiger partial charge in [-0.3, -0.25) is 9.59 Å². The predicted molar refractivity (Wildman–Crippen MR) is 114 cm³/mol. The number of pyridine rings is 1. The molecule has 2 aliphatic heterocycles. The highest BCUT2D eigenvalue weighted by Gasteiger charge is 2.37. The molecule has 1 N–H and O–H groups in total. The molecule has 0 spiro atoms. The molecule has 2 atom stereocenters. The lowest BCUT2D eigenvalue weighted by molar-refractivity contribution is -0.125. The molecule has 2 aromatic rings. The summed E-state index contributed by atoms with van der Waals surface area (Å²) in [5.41, 5.74) is 4.32. The summed E-state index contributed by atoms with van der Waals surface area (Å²) in [7, 11) is 0. The van der Waals surface area contributed by atoms with Crippen LogP contribution in [0.2, 0.25) is 0 Å². The van der Waals surface area contributed by atoms with E-state index in [9.17, 15) is 9.59 Å². The number of carbonyl (C=O) groups excluding carboxylic acids is 2. The molecule has 1 aliphatic carbocycles. The van der Waals surface area contributed by atoms with Crippen molar-refractivity contribution < 1.29 is 14.3 Å². The van der Waals surface area contributed by atoms with Gasteiger partial charge in [0.1, 0.15) is 12.4 Å². The first-order valence-corrected chi connectivity index (χ1v) is 10.3. The minimum Gasteiger partial charge on any atom is -0.367 e. The van der Waals surface area contributed by atoms with Gasteiger partial charge in [0.15, 0.2) is 0 Å². The highest BCUT2D eigenvalue weighted by molar-refractivity contribution is 5.93. The van der Waals surface area contributed by atoms with Crippen LogP contribution in [0.25, 0.3) is 11.6 Å². The molecule has 3 aliphatic rings. The van der Waals surface area contributed by atoms with E-state index in [0.29, 0.717) is 24.3 Å². The predicted octanol–water partition coefficient (Wildman–Crippen LogP) is 3.13. The Kier molecular flexibility index (Phi) is 4.93. The van der Waals surface area contributed by atoms with E-state index in [1.165, 1.54) is 11.1 Å². The number of carbonyl (C=O) groups is 2. The normalized spacial score (nSPS) is 23.0. The first kappa shape index (κ1) is 18.8. The summed E-state index contributed by atoms with van der Waals surface area (Å²) in [6.07, 6.45) is 8.43. The number of nitrogens with one attached hydrogen (secondary N) is 1. The molecule has 1 saturated heterocycles. The maximum atomic E-state index is 12.7. The van der Waals surface area contributed by atoms with Crippen LogP contribution in [-0.4, -0.2) is 41.4 Å². The lowest BCUT2D eigenvalue weighted by Crippen LogP contribution is -2.27. The second kappa shape index (κ2) is 7.88. The monoisotopic (exact) mass is 401 g/mol. The van der Waals surface area contributed by atoms with Crippen molar-refractivity contribution in [3.05, 3.63) is 71.4 Å². The molecule has 1 fully saturated rings. The SMILES string of the molecule is O=C1COCc2cc(/C=C/C(=O)N3C[C@H]4CC(c5ccccc5)=C[C@H]4C3)cnc2N1. The fourth-order valence-corrected chi connectivity index (χ4v) is 4.49. The highest BCUT2D eigenvalue weighted by atomic mass is 16.5. The molecule has 0 radical (unpaired) electrons. The van der Waals surface area contributed by atoms with Crippen molar-refractivity contribution in [2.24, 2.45) is 11.8 Å². The number of nitrogens with zero attached hydrogens (tertiary/aromatic N) is 2. The Morgan fingerprint density at radius 1 is 1.20 bits per heavy atom. The number of likely N-dealkylation sites (tertiary alicyclic amines) is 1. The van der Waals surface area contributed by atoms with Crippen molar-refractivity contribution in [1.29, 1.82) is 0 Å². The van der Waals surface area contributed by atoms with Gasteiger partial charge in [-0.05, 0) is 47.1 Å². The van der Waals surface area contributed by atoms with E-state index >= 15 is 0 Å². The largest absolute Gasteiger partial charge is 0.367 e. The summed E-state index contributed by atoms with van der Waals surface area (Å²) in [6, 6.07) is 12.4. The molecule has 6 nitrogen and oxygen atoms in total. The molecule has 6 heteroatoms. The van der Waals surface area contributed by atoms with Crippen molar-refractivity contribution in [1.82, 2.24) is 9.88 Å². The van der Waals surface area contributed by atoms with Crippen LogP contribution in [0, 0.1) is 11.8 Å². The number of ether oxygens (including phenoxy) is 1. The molecule has 0 bridgehead atoms. The Hall–Kier alpha value is -3.25. The summed E-state index contributed by atoms with van der Waals surface area (Å²) in [5, 5.41) is 2.72. The third-order valence-corrected chi connectivity index (χ3v) is 6.00. The Morgan fingerprint density at radius 2 is 2.07 bits per heavy atom. The van der Waals surface area contributed by atoms with Crippen LogP contribution < -0.4 is 5.32 Å². The average molecular weight is 401 g/mol. The van der Waals surface area contributed by atoms with Crippen LogP contribution in [0.5, 0.6) is 0 Å². The molecule has 1 aromatic carbocycles. The van der Waals surface area contributed by atoms with Gasteiger partial charge < -0.3 is 15.0 Å². The first-order chi connectivity index (χ1) is 14.7. The quantitative estimate of drug-likeness (QED) is 0.803. The topological polar surface area (TPSA) is 71.5 Å². The average Bonchev–Trinajstić information content (AvgIpc) is 3.28. The lowest BCUT2D eigenvalue weighted by atomic mass is 9.98. The van der Waals surface area contributed by atoms with Gasteiger partial charge in [-0.2, -0.15) is 0 Å². The number of fused-ring (bicyclic) bond motifs is 2. The second-order valence-corrected chi connectivity index (χ2v) is 8.08. The fraction of sp³-hybridized carbons (Fsp3) is 0.292. The summed E-state index contributed by atoms with van der Waals surface area (Å²) in [4.78, 5) is 30.5. The molecular formula is C24H23N3O3. The van der Waals surface area contributed by atoms with E-state index in [0.717, 1.165) is 30.6 Å². The molecule has 0 unspecified atom stereocenters. The van der Waals surface area contributed by atoms with Crippen LogP contribution in [0.3, 0.4) is 0 Å². The van der Waals surface area contributed by atoms with Gasteiger partial charge in [-0.15, -0.1) is 0 Å². The molecule has 30 heavy (non-hydrogen) atoms. The Balaban J connectivity index is 1.23. The number of hydrogen-bond donors (Lipinski definition) is 1. The highest BCUT2D eigenvalue weighted by Crippen LogP contribution is 2.40. The van der Waals surface area contributed by atoms with Gasteiger partial charge >= 0.3 is 0 Å². The van der Waals surface area contributed by atoms with Crippen LogP contribution in [-0.2, 0) is 20.9 Å². The maximum Gasteiger partial charge on any atom is 0.251 e. The standard InChI is InChI=1S/C24H23N3O3/c28-22-15-30-14-21-8-16(11-25-24(21)26-22)6-7-23(29)27-12-19-9-18(10-20(19)13-27)17-4-2-1-3-5-17/h1-9,11,19-20H,10,12-15H2,(H,25,26,28)/b7-6+/t19-,20+/m0/s1. The number of anilines is 1. The van der Waals surface area contributed by atoms with E-state index < -0.39 is 0 Å². The van der Waals surface area contributed by atoms with E-state index in [4.69, 9.17) is 4.74 Å². The first-order valence-electron chi connectivity index (χ1n) is 10.3. The third-order valence-electron chi connectivity index (χ3n) is 6.00. The van der Waals surface area contributed by atoms with Crippen molar-refractivity contribution in [3.8, 4) is 0 Å². The minimum absolute atomic E-state index is 0.0255. The zero-order valence-corrected chi connectivity index (χ0v) is 16.6. The van der Waals surface area contributed by atoms with Crippen LogP contribution in [0.4, 0.5) is 5.82 Å². The molecule has 0 saturated carbocycles. The molecule has 152 valence electrons. The summed E-state index contributed by atoms with van der Waals surface area (Å²) in [6.45, 7) is 1.91. The van der Waals surface area contributed by atoms with E-state index in [2.05, 4.69) is 40.6 Å². The van der Waals surface area contributed by atoms with Gasteiger partial charge in [-0.1, -0.05) is 36.4 Å². The number of benzene rings is 1. The van der Waals surface area contributed by atoms with Crippen molar-refractivity contribution in [2.45, 2.75) is 13.0 Å². The maximum absolute atomic E-state index is 12.7. The molecule has 2 amide bonds. The van der Waals surface area contributed by atoms with Gasteiger partial charge in [0.25, 0.3) is 5.91 Å². The molecule has 1 aromatic heterocycles. The Labute approximate surface area is 175 Å². The smallest absolute Gasteiger partial charge is 0.251 e. The number of allylic oxidation sites excluding steroid dienone is 1. The van der Waals surface area contributed by atoms with Crippen molar-refractivity contribution in [2.75, 3.05) is 25.0 Å². The van der Waals surface area contributed by atoms with Gasteiger partial charge in [-0.25, -0.2) is 4.98 Å². The van der Waals surface area contributed by atoms with Crippen LogP contribution >= 0.6 is 0 Å². The number of hydrogen-bond acceptors (Lipinski definition) is 4. The van der Waals surface area contributed by atoms with Crippen molar-refractivity contribution in [3.63, 3.8) is 0 Å². The zero-order chi connectivity index (χ0) is 20.5. The number of amides is 2. The second-order valence-electron chi connectivity index (χ2n) is 8.08. The van der Waals surface area contributed by atoms with Crippen molar-refractivity contribution >= 4 is 29.3 Å². The fourth-order valence-electron chi connectivity index (χ4n) is 4.49. The summed E-state index contributed by atoms with van der Waals surface area (Å²) in [5.74, 6) is 1.29. The lowest BCUT2D eigenvalue weighted by Gasteiger charge is -2.15. The molecule has 3 heterocycles. The number of rotatable bonds is 3. The van der Waals surface area contributed by atoms with Gasteiger partial charge in [0.05, 0.1) is 6.61 Å².